The molecule has 1 aromatic carbocycles. The summed E-state index contributed by atoms with van der Waals surface area (Å²) < 4.78 is 2.27. The molecule has 4 nitrogen and oxygen atoms in total. The van der Waals surface area contributed by atoms with Crippen LogP contribution in [0.25, 0.3) is 16.9 Å². The summed E-state index contributed by atoms with van der Waals surface area (Å²) in [6.07, 6.45) is 0. The average Bonchev–Trinajstić information content (AvgIpc) is 2.91. The molecule has 0 spiro atoms. The Morgan fingerprint density at radius 2 is 1.84 bits per heavy atom. The number of nitrogen functional groups attached to an aromatic ring is 1. The molecule has 0 aliphatic heterocycles. The highest BCUT2D eigenvalue weighted by molar-refractivity contribution is 5.69. The van der Waals surface area contributed by atoms with Crippen molar-refractivity contribution >= 4 is 11.3 Å². The molecule has 3 aromatic rings. The fourth-order valence-electron chi connectivity index (χ4n) is 3.39. The lowest BCUT2D eigenvalue weighted by Gasteiger charge is -2.34. The number of aromatic nitrogens is 2. The molecule has 0 atom stereocenters. The van der Waals surface area contributed by atoms with Gasteiger partial charge in [0.2, 0.25) is 0 Å². The Bertz CT molecular complexity index is 887. The van der Waals surface area contributed by atoms with Gasteiger partial charge in [0, 0.05) is 29.0 Å². The van der Waals surface area contributed by atoms with E-state index in [0.29, 0.717) is 0 Å². The minimum atomic E-state index is 0.0918. The van der Waals surface area contributed by atoms with Crippen molar-refractivity contribution in [1.29, 1.82) is 0 Å². The van der Waals surface area contributed by atoms with E-state index < -0.39 is 0 Å². The number of rotatable bonds is 4. The lowest BCUT2D eigenvalue weighted by Crippen LogP contribution is -2.41. The van der Waals surface area contributed by atoms with Gasteiger partial charge in [-0.15, -0.1) is 0 Å². The van der Waals surface area contributed by atoms with E-state index in [-0.39, 0.29) is 5.54 Å². The van der Waals surface area contributed by atoms with Crippen molar-refractivity contribution in [3.63, 3.8) is 0 Å². The summed E-state index contributed by atoms with van der Waals surface area (Å²) in [5, 5.41) is 0. The molecule has 2 heterocycles. The van der Waals surface area contributed by atoms with Gasteiger partial charge < -0.3 is 5.73 Å². The normalized spacial score (nSPS) is 12.2. The van der Waals surface area contributed by atoms with Gasteiger partial charge >= 0.3 is 0 Å². The number of fused-ring (bicyclic) bond motifs is 1. The van der Waals surface area contributed by atoms with Crippen LogP contribution in [-0.4, -0.2) is 26.4 Å². The Hall–Kier alpha value is -2.33. The van der Waals surface area contributed by atoms with Crippen LogP contribution >= 0.6 is 0 Å². The fraction of sp³-hybridized carbons (Fsp3) is 0.381. The molecule has 4 heteroatoms. The SMILES string of the molecule is CCN(Cc1c(-c2cccc(N)c2)nc2cccc(C)n12)C(C)(C)C. The van der Waals surface area contributed by atoms with Gasteiger partial charge in [-0.05, 0) is 58.5 Å². The Labute approximate surface area is 150 Å². The summed E-state index contributed by atoms with van der Waals surface area (Å²) in [5.74, 6) is 0. The highest BCUT2D eigenvalue weighted by atomic mass is 15.2. The molecule has 132 valence electrons. The molecular formula is C21H28N4. The minimum Gasteiger partial charge on any atom is -0.399 e. The largest absolute Gasteiger partial charge is 0.399 e. The first-order valence-electron chi connectivity index (χ1n) is 8.89. The number of hydrogen-bond donors (Lipinski definition) is 1. The third-order valence-corrected chi connectivity index (χ3v) is 4.77. The van der Waals surface area contributed by atoms with Crippen LogP contribution in [0.1, 0.15) is 39.1 Å². The molecule has 0 amide bonds. The maximum Gasteiger partial charge on any atom is 0.137 e. The molecule has 0 radical (unpaired) electrons. The average molecular weight is 336 g/mol. The molecule has 0 bridgehead atoms. The van der Waals surface area contributed by atoms with Crippen LogP contribution in [-0.2, 0) is 6.54 Å². The number of nitrogens with zero attached hydrogens (tertiary/aromatic N) is 3. The molecule has 3 rings (SSSR count). The van der Waals surface area contributed by atoms with Crippen molar-refractivity contribution in [3.8, 4) is 11.3 Å². The maximum absolute atomic E-state index is 6.02. The molecule has 0 unspecified atom stereocenters. The third-order valence-electron chi connectivity index (χ3n) is 4.77. The van der Waals surface area contributed by atoms with Crippen molar-refractivity contribution in [3.05, 3.63) is 53.9 Å². The number of aryl methyl sites for hydroxylation is 1. The van der Waals surface area contributed by atoms with Gasteiger partial charge in [0.1, 0.15) is 5.65 Å². The second-order valence-electron chi connectivity index (χ2n) is 7.58. The predicted octanol–water partition coefficient (Wildman–Crippen LogP) is 4.51. The van der Waals surface area contributed by atoms with E-state index in [1.807, 2.05) is 18.2 Å². The number of imidazole rings is 1. The van der Waals surface area contributed by atoms with Crippen LogP contribution in [0.3, 0.4) is 0 Å². The van der Waals surface area contributed by atoms with Crippen molar-refractivity contribution in [2.24, 2.45) is 0 Å². The highest BCUT2D eigenvalue weighted by Gasteiger charge is 2.24. The molecular weight excluding hydrogens is 308 g/mol. The van der Waals surface area contributed by atoms with Gasteiger partial charge in [-0.3, -0.25) is 9.30 Å². The highest BCUT2D eigenvalue weighted by Crippen LogP contribution is 2.29. The van der Waals surface area contributed by atoms with Gasteiger partial charge in [0.05, 0.1) is 11.4 Å². The summed E-state index contributed by atoms with van der Waals surface area (Å²) in [7, 11) is 0. The number of nitrogens with two attached hydrogens (primary N) is 1. The third kappa shape index (κ3) is 3.40. The van der Waals surface area contributed by atoms with Gasteiger partial charge in [-0.25, -0.2) is 4.98 Å². The second kappa shape index (κ2) is 6.52. The van der Waals surface area contributed by atoms with E-state index in [0.717, 1.165) is 35.7 Å². The Kier molecular flexibility index (Phi) is 4.56. The lowest BCUT2D eigenvalue weighted by molar-refractivity contribution is 0.134. The van der Waals surface area contributed by atoms with E-state index in [4.69, 9.17) is 10.7 Å². The lowest BCUT2D eigenvalue weighted by atomic mass is 10.0. The first kappa shape index (κ1) is 17.5. The van der Waals surface area contributed by atoms with Gasteiger partial charge in [-0.2, -0.15) is 0 Å². The van der Waals surface area contributed by atoms with Crippen LogP contribution in [0.4, 0.5) is 5.69 Å². The van der Waals surface area contributed by atoms with E-state index >= 15 is 0 Å². The van der Waals surface area contributed by atoms with E-state index in [1.54, 1.807) is 0 Å². The summed E-state index contributed by atoms with van der Waals surface area (Å²) in [4.78, 5) is 7.41. The number of pyridine rings is 1. The van der Waals surface area contributed by atoms with Crippen LogP contribution in [0.5, 0.6) is 0 Å². The summed E-state index contributed by atoms with van der Waals surface area (Å²) in [6, 6.07) is 14.3. The predicted molar refractivity (Wildman–Crippen MR) is 106 cm³/mol. The van der Waals surface area contributed by atoms with Crippen LogP contribution in [0.2, 0.25) is 0 Å². The zero-order chi connectivity index (χ0) is 18.2. The first-order chi connectivity index (χ1) is 11.8. The van der Waals surface area contributed by atoms with E-state index in [9.17, 15) is 0 Å². The van der Waals surface area contributed by atoms with E-state index in [1.165, 1.54) is 11.4 Å². The van der Waals surface area contributed by atoms with Gasteiger partial charge in [0.25, 0.3) is 0 Å². The summed E-state index contributed by atoms with van der Waals surface area (Å²) >= 11 is 0. The molecule has 0 saturated heterocycles. The monoisotopic (exact) mass is 336 g/mol. The summed E-state index contributed by atoms with van der Waals surface area (Å²) in [5.41, 5.74) is 12.4. The number of anilines is 1. The van der Waals surface area contributed by atoms with Crippen molar-refractivity contribution < 1.29 is 0 Å². The number of benzene rings is 1. The maximum atomic E-state index is 6.02. The second-order valence-corrected chi connectivity index (χ2v) is 7.58. The van der Waals surface area contributed by atoms with Gasteiger partial charge in [0.15, 0.2) is 0 Å². The van der Waals surface area contributed by atoms with Gasteiger partial charge in [-0.1, -0.05) is 25.1 Å². The minimum absolute atomic E-state index is 0.0918. The molecule has 2 N–H and O–H groups in total. The van der Waals surface area contributed by atoms with Crippen molar-refractivity contribution in [2.45, 2.75) is 46.7 Å². The standard InChI is InChI=1S/C21H28N4/c1-6-24(21(3,4)5)14-18-20(16-10-8-11-17(22)13-16)23-19-12-7-9-15(2)25(18)19/h7-13H,6,14,22H2,1-5H3. The smallest absolute Gasteiger partial charge is 0.137 e. The Balaban J connectivity index is 2.22. The van der Waals surface area contributed by atoms with Crippen molar-refractivity contribution in [2.75, 3.05) is 12.3 Å². The zero-order valence-electron chi connectivity index (χ0n) is 15.9. The quantitative estimate of drug-likeness (QED) is 0.713. The molecule has 0 saturated carbocycles. The molecule has 0 aliphatic rings. The zero-order valence-corrected chi connectivity index (χ0v) is 15.9. The molecule has 2 aromatic heterocycles. The van der Waals surface area contributed by atoms with E-state index in [2.05, 4.69) is 68.2 Å². The number of hydrogen-bond acceptors (Lipinski definition) is 3. The van der Waals surface area contributed by atoms with Crippen molar-refractivity contribution in [1.82, 2.24) is 14.3 Å². The Morgan fingerprint density at radius 3 is 2.48 bits per heavy atom. The molecule has 0 aliphatic carbocycles. The van der Waals surface area contributed by atoms with Crippen LogP contribution in [0.15, 0.2) is 42.5 Å². The Morgan fingerprint density at radius 1 is 1.12 bits per heavy atom. The fourth-order valence-corrected chi connectivity index (χ4v) is 3.39. The first-order valence-corrected chi connectivity index (χ1v) is 8.89. The molecule has 0 fully saturated rings. The molecule has 25 heavy (non-hydrogen) atoms. The summed E-state index contributed by atoms with van der Waals surface area (Å²) in [6.45, 7) is 12.9. The van der Waals surface area contributed by atoms with Crippen LogP contribution in [0, 0.1) is 6.92 Å². The topological polar surface area (TPSA) is 46.6 Å². The van der Waals surface area contributed by atoms with Crippen LogP contribution < -0.4 is 5.73 Å².